The van der Waals surface area contributed by atoms with Crippen molar-refractivity contribution in [2.45, 2.75) is 20.3 Å². The van der Waals surface area contributed by atoms with E-state index in [1.165, 1.54) is 5.56 Å². The maximum absolute atomic E-state index is 12.2. The number of para-hydroxylation sites is 1. The van der Waals surface area contributed by atoms with Crippen molar-refractivity contribution >= 4 is 11.8 Å². The second-order valence-corrected chi connectivity index (χ2v) is 6.89. The molecule has 0 aliphatic carbocycles. The SMILES string of the molecule is CCN(CCOC(=O)Oc1ccccc1Cc1ccccc1)c1cccc(C)c1. The quantitative estimate of drug-likeness (QED) is 0.370. The zero-order valence-corrected chi connectivity index (χ0v) is 17.0. The Labute approximate surface area is 172 Å². The first-order chi connectivity index (χ1) is 14.2. The molecule has 0 aliphatic rings. The number of nitrogens with zero attached hydrogens (tertiary/aromatic N) is 1. The van der Waals surface area contributed by atoms with E-state index in [4.69, 9.17) is 9.47 Å². The van der Waals surface area contributed by atoms with Crippen LogP contribution in [-0.2, 0) is 11.2 Å². The number of anilines is 1. The average Bonchev–Trinajstić information content (AvgIpc) is 2.73. The number of carbonyl (C=O) groups excluding carboxylic acids is 1. The van der Waals surface area contributed by atoms with Crippen LogP contribution in [0.2, 0.25) is 0 Å². The minimum absolute atomic E-state index is 0.265. The lowest BCUT2D eigenvalue weighted by molar-refractivity contribution is 0.101. The van der Waals surface area contributed by atoms with Gasteiger partial charge in [0.1, 0.15) is 12.4 Å². The van der Waals surface area contributed by atoms with Crippen LogP contribution < -0.4 is 9.64 Å². The summed E-state index contributed by atoms with van der Waals surface area (Å²) in [5.41, 5.74) is 4.44. The first-order valence-corrected chi connectivity index (χ1v) is 9.93. The van der Waals surface area contributed by atoms with Gasteiger partial charge in [-0.2, -0.15) is 0 Å². The molecule has 0 fully saturated rings. The van der Waals surface area contributed by atoms with Gasteiger partial charge >= 0.3 is 6.16 Å². The topological polar surface area (TPSA) is 38.8 Å². The van der Waals surface area contributed by atoms with Crippen LogP contribution in [-0.4, -0.2) is 25.9 Å². The molecule has 29 heavy (non-hydrogen) atoms. The Morgan fingerprint density at radius 2 is 1.69 bits per heavy atom. The van der Waals surface area contributed by atoms with Gasteiger partial charge in [0.2, 0.25) is 0 Å². The van der Waals surface area contributed by atoms with Crippen molar-refractivity contribution < 1.29 is 14.3 Å². The fraction of sp³-hybridized carbons (Fsp3) is 0.240. The van der Waals surface area contributed by atoms with Gasteiger partial charge in [0.05, 0.1) is 6.54 Å². The molecule has 0 heterocycles. The number of rotatable bonds is 8. The Balaban J connectivity index is 1.54. The molecule has 4 heteroatoms. The summed E-state index contributed by atoms with van der Waals surface area (Å²) in [4.78, 5) is 14.4. The van der Waals surface area contributed by atoms with Crippen LogP contribution in [0.1, 0.15) is 23.6 Å². The molecule has 0 radical (unpaired) electrons. The van der Waals surface area contributed by atoms with Gasteiger partial charge in [-0.3, -0.25) is 0 Å². The summed E-state index contributed by atoms with van der Waals surface area (Å²) in [5, 5.41) is 0. The van der Waals surface area contributed by atoms with Crippen molar-refractivity contribution in [3.05, 3.63) is 95.6 Å². The third-order valence-corrected chi connectivity index (χ3v) is 4.73. The van der Waals surface area contributed by atoms with Crippen LogP contribution in [0.4, 0.5) is 10.5 Å². The van der Waals surface area contributed by atoms with Gasteiger partial charge in [-0.1, -0.05) is 60.7 Å². The lowest BCUT2D eigenvalue weighted by Gasteiger charge is -2.23. The van der Waals surface area contributed by atoms with Gasteiger partial charge in [-0.25, -0.2) is 4.79 Å². The van der Waals surface area contributed by atoms with Gasteiger partial charge in [0.15, 0.2) is 0 Å². The molecular weight excluding hydrogens is 362 g/mol. The van der Waals surface area contributed by atoms with E-state index >= 15 is 0 Å². The minimum Gasteiger partial charge on any atom is -0.432 e. The standard InChI is InChI=1S/C25H27NO3/c1-3-26(23-14-9-10-20(2)18-23)16-17-28-25(27)29-24-15-8-7-13-22(24)19-21-11-5-4-6-12-21/h4-15,18H,3,16-17,19H2,1-2H3. The summed E-state index contributed by atoms with van der Waals surface area (Å²) in [6.45, 7) is 5.86. The van der Waals surface area contributed by atoms with Crippen molar-refractivity contribution in [1.29, 1.82) is 0 Å². The van der Waals surface area contributed by atoms with Gasteiger partial charge < -0.3 is 14.4 Å². The van der Waals surface area contributed by atoms with Crippen molar-refractivity contribution in [2.24, 2.45) is 0 Å². The number of carbonyl (C=O) groups is 1. The van der Waals surface area contributed by atoms with E-state index in [0.717, 1.165) is 23.4 Å². The largest absolute Gasteiger partial charge is 0.513 e. The first kappa shape index (κ1) is 20.5. The molecule has 0 saturated heterocycles. The second-order valence-electron chi connectivity index (χ2n) is 6.89. The average molecular weight is 389 g/mol. The molecule has 0 saturated carbocycles. The molecule has 0 bridgehead atoms. The Morgan fingerprint density at radius 1 is 0.931 bits per heavy atom. The first-order valence-electron chi connectivity index (χ1n) is 9.93. The number of hydrogen-bond acceptors (Lipinski definition) is 4. The van der Waals surface area contributed by atoms with Crippen LogP contribution >= 0.6 is 0 Å². The maximum atomic E-state index is 12.2. The predicted molar refractivity (Wildman–Crippen MR) is 117 cm³/mol. The zero-order chi connectivity index (χ0) is 20.5. The highest BCUT2D eigenvalue weighted by molar-refractivity contribution is 5.64. The summed E-state index contributed by atoms with van der Waals surface area (Å²) < 4.78 is 10.8. The fourth-order valence-corrected chi connectivity index (χ4v) is 3.22. The summed E-state index contributed by atoms with van der Waals surface area (Å²) in [5.74, 6) is 0.535. The number of aryl methyl sites for hydroxylation is 1. The van der Waals surface area contributed by atoms with Crippen molar-refractivity contribution in [2.75, 3.05) is 24.6 Å². The number of hydrogen-bond donors (Lipinski definition) is 0. The van der Waals surface area contributed by atoms with Gasteiger partial charge in [-0.15, -0.1) is 0 Å². The molecule has 3 aromatic rings. The third kappa shape index (κ3) is 6.11. The van der Waals surface area contributed by atoms with E-state index in [0.29, 0.717) is 18.7 Å². The van der Waals surface area contributed by atoms with Gasteiger partial charge in [-0.05, 0) is 48.7 Å². The summed E-state index contributed by atoms with van der Waals surface area (Å²) in [6, 6.07) is 25.9. The molecule has 3 rings (SSSR count). The van der Waals surface area contributed by atoms with E-state index < -0.39 is 6.16 Å². The van der Waals surface area contributed by atoms with Crippen LogP contribution in [0.5, 0.6) is 5.75 Å². The number of benzene rings is 3. The van der Waals surface area contributed by atoms with E-state index in [9.17, 15) is 4.79 Å². The maximum Gasteiger partial charge on any atom is 0.513 e. The van der Waals surface area contributed by atoms with Crippen molar-refractivity contribution in [1.82, 2.24) is 0 Å². The second kappa shape index (κ2) is 10.3. The van der Waals surface area contributed by atoms with E-state index in [2.05, 4.69) is 49.1 Å². The Morgan fingerprint density at radius 3 is 2.45 bits per heavy atom. The fourth-order valence-electron chi connectivity index (χ4n) is 3.22. The van der Waals surface area contributed by atoms with E-state index in [1.54, 1.807) is 6.07 Å². The molecule has 4 nitrogen and oxygen atoms in total. The number of likely N-dealkylation sites (N-methyl/N-ethyl adjacent to an activating group) is 1. The van der Waals surface area contributed by atoms with Crippen LogP contribution in [0.15, 0.2) is 78.9 Å². The van der Waals surface area contributed by atoms with Crippen LogP contribution in [0, 0.1) is 6.92 Å². The number of ether oxygens (including phenoxy) is 2. The molecule has 0 N–H and O–H groups in total. The minimum atomic E-state index is -0.675. The molecule has 0 aliphatic heterocycles. The highest BCUT2D eigenvalue weighted by Gasteiger charge is 2.12. The zero-order valence-electron chi connectivity index (χ0n) is 17.0. The smallest absolute Gasteiger partial charge is 0.432 e. The molecule has 0 atom stereocenters. The normalized spacial score (nSPS) is 10.4. The van der Waals surface area contributed by atoms with Crippen molar-refractivity contribution in [3.8, 4) is 5.75 Å². The predicted octanol–water partition coefficient (Wildman–Crippen LogP) is 5.63. The highest BCUT2D eigenvalue weighted by Crippen LogP contribution is 2.22. The molecule has 0 amide bonds. The Bertz CT molecular complexity index is 924. The molecule has 0 aromatic heterocycles. The molecule has 150 valence electrons. The molecule has 0 spiro atoms. The van der Waals surface area contributed by atoms with Gasteiger partial charge in [0, 0.05) is 18.7 Å². The molecule has 0 unspecified atom stereocenters. The summed E-state index contributed by atoms with van der Waals surface area (Å²) >= 11 is 0. The Kier molecular flexibility index (Phi) is 7.28. The third-order valence-electron chi connectivity index (χ3n) is 4.73. The molecular formula is C25H27NO3. The summed E-state index contributed by atoms with van der Waals surface area (Å²) in [6.07, 6.45) is 0.0205. The lowest BCUT2D eigenvalue weighted by Crippen LogP contribution is -2.28. The van der Waals surface area contributed by atoms with Crippen molar-refractivity contribution in [3.63, 3.8) is 0 Å². The highest BCUT2D eigenvalue weighted by atomic mass is 16.7. The van der Waals surface area contributed by atoms with Crippen LogP contribution in [0.3, 0.4) is 0 Å². The summed E-state index contributed by atoms with van der Waals surface area (Å²) in [7, 11) is 0. The van der Waals surface area contributed by atoms with E-state index in [-0.39, 0.29) is 6.61 Å². The monoisotopic (exact) mass is 389 g/mol. The Hall–Kier alpha value is -3.27. The van der Waals surface area contributed by atoms with Gasteiger partial charge in [0.25, 0.3) is 0 Å². The van der Waals surface area contributed by atoms with Crippen LogP contribution in [0.25, 0.3) is 0 Å². The lowest BCUT2D eigenvalue weighted by atomic mass is 10.0. The van der Waals surface area contributed by atoms with E-state index in [1.807, 2.05) is 42.5 Å². The molecule has 3 aromatic carbocycles.